The van der Waals surface area contributed by atoms with Crippen LogP contribution in [0.25, 0.3) is 11.2 Å². The Morgan fingerprint density at radius 1 is 1.37 bits per heavy atom. The van der Waals surface area contributed by atoms with Crippen molar-refractivity contribution in [3.63, 3.8) is 0 Å². The third-order valence-corrected chi connectivity index (χ3v) is 5.23. The first kappa shape index (κ1) is 18.1. The zero-order valence-corrected chi connectivity index (χ0v) is 16.2. The molecule has 0 spiro atoms. The number of methoxy groups -OCH3 is 1. The molecule has 140 valence electrons. The second kappa shape index (κ2) is 7.36. The molecule has 1 aliphatic heterocycles. The predicted octanol–water partition coefficient (Wildman–Crippen LogP) is 3.50. The number of hydrogen-bond donors (Lipinski definition) is 0. The van der Waals surface area contributed by atoms with Gasteiger partial charge in [0.1, 0.15) is 17.2 Å². The second-order valence-corrected chi connectivity index (χ2v) is 7.23. The van der Waals surface area contributed by atoms with Crippen LogP contribution >= 0.6 is 15.9 Å². The number of esters is 1. The molecule has 0 bridgehead atoms. The molecule has 6 nitrogen and oxygen atoms in total. The summed E-state index contributed by atoms with van der Waals surface area (Å²) in [5.74, 6) is -0.0681. The first-order chi connectivity index (χ1) is 13.0. The molecule has 0 radical (unpaired) electrons. The Morgan fingerprint density at radius 2 is 2.19 bits per heavy atom. The Hall–Kier alpha value is -2.32. The minimum Gasteiger partial charge on any atom is -0.464 e. The van der Waals surface area contributed by atoms with E-state index in [1.165, 1.54) is 13.2 Å². The van der Waals surface area contributed by atoms with Crippen LogP contribution in [-0.4, -0.2) is 40.3 Å². The molecule has 1 aromatic carbocycles. The van der Waals surface area contributed by atoms with Gasteiger partial charge in [0.2, 0.25) is 0 Å². The number of pyridine rings is 1. The summed E-state index contributed by atoms with van der Waals surface area (Å²) in [6.45, 7) is 1.33. The SMILES string of the molecule is COC(=O)c1ccc2nc(Cc3ccc(Br)c(F)c3)n(CC3CCO3)c2n1. The van der Waals surface area contributed by atoms with Gasteiger partial charge in [0.15, 0.2) is 11.3 Å². The Bertz CT molecular complexity index is 1020. The number of fused-ring (bicyclic) bond motifs is 1. The van der Waals surface area contributed by atoms with E-state index in [0.717, 1.165) is 24.4 Å². The van der Waals surface area contributed by atoms with Gasteiger partial charge in [-0.15, -0.1) is 0 Å². The Morgan fingerprint density at radius 3 is 2.85 bits per heavy atom. The highest BCUT2D eigenvalue weighted by molar-refractivity contribution is 9.10. The maximum atomic E-state index is 13.9. The molecule has 27 heavy (non-hydrogen) atoms. The zero-order chi connectivity index (χ0) is 19.0. The fraction of sp³-hybridized carbons (Fsp3) is 0.316. The summed E-state index contributed by atoms with van der Waals surface area (Å²) in [5.41, 5.74) is 2.30. The van der Waals surface area contributed by atoms with Gasteiger partial charge in [-0.3, -0.25) is 0 Å². The molecule has 1 fully saturated rings. The van der Waals surface area contributed by atoms with Gasteiger partial charge in [-0.25, -0.2) is 19.2 Å². The van der Waals surface area contributed by atoms with Crippen LogP contribution in [0.1, 0.15) is 28.3 Å². The summed E-state index contributed by atoms with van der Waals surface area (Å²) in [4.78, 5) is 20.9. The van der Waals surface area contributed by atoms with Crippen LogP contribution < -0.4 is 0 Å². The van der Waals surface area contributed by atoms with Crippen molar-refractivity contribution in [2.45, 2.75) is 25.5 Å². The molecule has 0 N–H and O–H groups in total. The summed E-state index contributed by atoms with van der Waals surface area (Å²) >= 11 is 3.17. The highest BCUT2D eigenvalue weighted by Gasteiger charge is 2.23. The van der Waals surface area contributed by atoms with Crippen molar-refractivity contribution >= 4 is 33.1 Å². The van der Waals surface area contributed by atoms with Gasteiger partial charge in [-0.05, 0) is 52.2 Å². The van der Waals surface area contributed by atoms with E-state index in [1.54, 1.807) is 18.2 Å². The molecule has 2 aromatic heterocycles. The highest BCUT2D eigenvalue weighted by Crippen LogP contribution is 2.23. The van der Waals surface area contributed by atoms with Gasteiger partial charge in [-0.2, -0.15) is 0 Å². The standard InChI is InChI=1S/C19H17BrFN3O3/c1-26-19(25)16-5-4-15-18(23-16)24(10-12-6-7-27-12)17(22-15)9-11-2-3-13(20)14(21)8-11/h2-5,8,12H,6-7,9-10H2,1H3. The summed E-state index contributed by atoms with van der Waals surface area (Å²) in [6, 6.07) is 8.36. The lowest BCUT2D eigenvalue weighted by Gasteiger charge is -2.27. The third kappa shape index (κ3) is 3.59. The van der Waals surface area contributed by atoms with Crippen LogP contribution in [-0.2, 0) is 22.4 Å². The van der Waals surface area contributed by atoms with E-state index in [9.17, 15) is 9.18 Å². The normalized spacial score (nSPS) is 16.3. The van der Waals surface area contributed by atoms with Crippen LogP contribution in [0.15, 0.2) is 34.8 Å². The average Bonchev–Trinajstić information content (AvgIpc) is 2.96. The number of nitrogens with zero attached hydrogens (tertiary/aromatic N) is 3. The number of aromatic nitrogens is 3. The summed E-state index contributed by atoms with van der Waals surface area (Å²) < 4.78 is 26.6. The van der Waals surface area contributed by atoms with Gasteiger partial charge in [0, 0.05) is 13.0 Å². The number of rotatable bonds is 5. The van der Waals surface area contributed by atoms with E-state index in [-0.39, 0.29) is 17.6 Å². The van der Waals surface area contributed by atoms with E-state index < -0.39 is 5.97 Å². The fourth-order valence-electron chi connectivity index (χ4n) is 3.06. The topological polar surface area (TPSA) is 66.2 Å². The summed E-state index contributed by atoms with van der Waals surface area (Å²) in [7, 11) is 1.32. The minimum absolute atomic E-state index is 0.0892. The van der Waals surface area contributed by atoms with Crippen LogP contribution in [0.2, 0.25) is 0 Å². The Labute approximate surface area is 163 Å². The molecule has 1 atom stereocenters. The summed E-state index contributed by atoms with van der Waals surface area (Å²) in [6.07, 6.45) is 1.50. The first-order valence-electron chi connectivity index (χ1n) is 8.55. The van der Waals surface area contributed by atoms with Gasteiger partial charge in [-0.1, -0.05) is 6.07 Å². The van der Waals surface area contributed by atoms with Crippen molar-refractivity contribution in [1.29, 1.82) is 0 Å². The molecule has 8 heteroatoms. The molecular formula is C19H17BrFN3O3. The van der Waals surface area contributed by atoms with E-state index in [4.69, 9.17) is 9.47 Å². The number of hydrogen-bond acceptors (Lipinski definition) is 5. The number of carbonyl (C=O) groups excluding carboxylic acids is 1. The van der Waals surface area contributed by atoms with Crippen LogP contribution in [0.5, 0.6) is 0 Å². The monoisotopic (exact) mass is 433 g/mol. The number of halogens is 2. The van der Waals surface area contributed by atoms with Crippen LogP contribution in [0.4, 0.5) is 4.39 Å². The average molecular weight is 434 g/mol. The predicted molar refractivity (Wildman–Crippen MR) is 100 cm³/mol. The summed E-state index contributed by atoms with van der Waals surface area (Å²) in [5, 5.41) is 0. The van der Waals surface area contributed by atoms with Crippen molar-refractivity contribution in [3.8, 4) is 0 Å². The van der Waals surface area contributed by atoms with Crippen molar-refractivity contribution < 1.29 is 18.7 Å². The molecule has 1 aliphatic rings. The zero-order valence-electron chi connectivity index (χ0n) is 14.6. The van der Waals surface area contributed by atoms with Gasteiger partial charge in [0.05, 0.1) is 24.2 Å². The minimum atomic E-state index is -0.499. The number of benzene rings is 1. The lowest BCUT2D eigenvalue weighted by Crippen LogP contribution is -2.32. The van der Waals surface area contributed by atoms with Crippen LogP contribution in [0.3, 0.4) is 0 Å². The molecule has 3 heterocycles. The van der Waals surface area contributed by atoms with Crippen molar-refractivity contribution in [2.24, 2.45) is 0 Å². The van der Waals surface area contributed by atoms with Crippen LogP contribution in [0, 0.1) is 5.82 Å². The molecule has 0 amide bonds. The number of ether oxygens (including phenoxy) is 2. The lowest BCUT2D eigenvalue weighted by molar-refractivity contribution is -0.0590. The molecule has 4 rings (SSSR count). The highest BCUT2D eigenvalue weighted by atomic mass is 79.9. The van der Waals surface area contributed by atoms with E-state index in [2.05, 4.69) is 25.9 Å². The quantitative estimate of drug-likeness (QED) is 0.576. The number of carbonyl (C=O) groups is 1. The molecular weight excluding hydrogens is 417 g/mol. The largest absolute Gasteiger partial charge is 0.464 e. The Balaban J connectivity index is 1.76. The first-order valence-corrected chi connectivity index (χ1v) is 9.34. The maximum absolute atomic E-state index is 13.9. The second-order valence-electron chi connectivity index (χ2n) is 6.38. The molecule has 1 saturated heterocycles. The third-order valence-electron chi connectivity index (χ3n) is 4.59. The molecule has 0 saturated carbocycles. The molecule has 3 aromatic rings. The lowest BCUT2D eigenvalue weighted by atomic mass is 10.1. The van der Waals surface area contributed by atoms with Gasteiger partial charge >= 0.3 is 5.97 Å². The van der Waals surface area contributed by atoms with E-state index in [1.807, 2.05) is 10.6 Å². The fourth-order valence-corrected chi connectivity index (χ4v) is 3.30. The van der Waals surface area contributed by atoms with E-state index >= 15 is 0 Å². The van der Waals surface area contributed by atoms with Gasteiger partial charge in [0.25, 0.3) is 0 Å². The van der Waals surface area contributed by atoms with Crippen molar-refractivity contribution in [1.82, 2.24) is 14.5 Å². The van der Waals surface area contributed by atoms with E-state index in [0.29, 0.717) is 28.6 Å². The van der Waals surface area contributed by atoms with Crippen molar-refractivity contribution in [2.75, 3.05) is 13.7 Å². The smallest absolute Gasteiger partial charge is 0.356 e. The van der Waals surface area contributed by atoms with Gasteiger partial charge < -0.3 is 14.0 Å². The molecule has 1 unspecified atom stereocenters. The van der Waals surface area contributed by atoms with Crippen molar-refractivity contribution in [3.05, 3.63) is 57.7 Å². The maximum Gasteiger partial charge on any atom is 0.356 e. The Kier molecular flexibility index (Phi) is 4.92. The molecule has 0 aliphatic carbocycles. The number of imidazole rings is 1.